The first-order chi connectivity index (χ1) is 11.8. The van der Waals surface area contributed by atoms with Crippen molar-refractivity contribution < 1.29 is 23.8 Å². The second-order valence-electron chi connectivity index (χ2n) is 7.48. The average Bonchev–Trinajstić information content (AvgIpc) is 3.13. The van der Waals surface area contributed by atoms with Crippen molar-refractivity contribution in [2.45, 2.75) is 70.9 Å². The number of fused-ring (bicyclic) bond motifs is 3. The maximum absolute atomic E-state index is 12.3. The van der Waals surface area contributed by atoms with Gasteiger partial charge in [-0.05, 0) is 40.5 Å². The predicted molar refractivity (Wildman–Crippen MR) is 92.7 cm³/mol. The Kier molecular flexibility index (Phi) is 4.62. The quantitative estimate of drug-likeness (QED) is 0.332. The third-order valence-corrected chi connectivity index (χ3v) is 5.57. The summed E-state index contributed by atoms with van der Waals surface area (Å²) < 4.78 is 17.3. The van der Waals surface area contributed by atoms with Crippen molar-refractivity contribution in [3.63, 3.8) is 0 Å². The largest absolute Gasteiger partial charge is 0.458 e. The molecule has 5 nitrogen and oxygen atoms in total. The van der Waals surface area contributed by atoms with Gasteiger partial charge in [-0.3, -0.25) is 0 Å². The molecule has 2 aliphatic heterocycles. The smallest absolute Gasteiger partial charge is 0.334 e. The van der Waals surface area contributed by atoms with Crippen molar-refractivity contribution in [1.29, 1.82) is 0 Å². The van der Waals surface area contributed by atoms with Crippen LogP contribution in [0.5, 0.6) is 0 Å². The zero-order valence-corrected chi connectivity index (χ0v) is 15.3. The van der Waals surface area contributed by atoms with Crippen LogP contribution in [-0.4, -0.2) is 35.9 Å². The third-order valence-electron chi connectivity index (χ3n) is 5.57. The lowest BCUT2D eigenvalue weighted by Gasteiger charge is -2.28. The number of carbonyl (C=O) groups is 2. The molecule has 136 valence electrons. The van der Waals surface area contributed by atoms with E-state index in [0.29, 0.717) is 17.6 Å². The van der Waals surface area contributed by atoms with E-state index >= 15 is 0 Å². The lowest BCUT2D eigenvalue weighted by atomic mass is 9.82. The summed E-state index contributed by atoms with van der Waals surface area (Å²) in [6.07, 6.45) is 5.10. The number of rotatable bonds is 2. The van der Waals surface area contributed by atoms with Crippen LogP contribution in [0.4, 0.5) is 0 Å². The minimum Gasteiger partial charge on any atom is -0.458 e. The molecule has 0 aromatic carbocycles. The van der Waals surface area contributed by atoms with Gasteiger partial charge in [-0.2, -0.15) is 0 Å². The fraction of sp³-hybridized carbons (Fsp3) is 0.600. The summed E-state index contributed by atoms with van der Waals surface area (Å²) in [4.78, 5) is 24.5. The van der Waals surface area contributed by atoms with Gasteiger partial charge in [-0.1, -0.05) is 24.3 Å². The van der Waals surface area contributed by atoms with E-state index in [1.54, 1.807) is 19.9 Å². The van der Waals surface area contributed by atoms with Crippen LogP contribution >= 0.6 is 0 Å². The number of hydrogen-bond donors (Lipinski definition) is 0. The highest BCUT2D eigenvalue weighted by molar-refractivity contribution is 5.91. The predicted octanol–water partition coefficient (Wildman–Crippen LogP) is 3.25. The van der Waals surface area contributed by atoms with Gasteiger partial charge in [0.1, 0.15) is 18.3 Å². The Morgan fingerprint density at radius 2 is 2.20 bits per heavy atom. The molecule has 3 aliphatic rings. The minimum absolute atomic E-state index is 0.170. The molecule has 0 aromatic rings. The van der Waals surface area contributed by atoms with Crippen molar-refractivity contribution >= 4 is 11.9 Å². The van der Waals surface area contributed by atoms with Gasteiger partial charge in [0.05, 0.1) is 11.5 Å². The number of allylic oxidation sites excluding steroid dienone is 2. The number of hydrogen-bond acceptors (Lipinski definition) is 5. The van der Waals surface area contributed by atoms with Gasteiger partial charge in [0.25, 0.3) is 0 Å². The molecule has 0 spiro atoms. The highest BCUT2D eigenvalue weighted by atomic mass is 16.6. The standard InChI is InChI=1S/C20H26O5/c1-6-12(3)18(21)23-14-10-11(2)8-7-9-20(5)17(25-20)16-15(14)13(4)19(22)24-16/h6,8,14-17H,4,7,9-10H2,1-3,5H3/b11-8+,12-6-/t14-,15-,16+,17+,20-/m1/s1. The summed E-state index contributed by atoms with van der Waals surface area (Å²) in [6.45, 7) is 11.5. The fourth-order valence-electron chi connectivity index (χ4n) is 3.76. The molecule has 5 atom stereocenters. The topological polar surface area (TPSA) is 65.1 Å². The summed E-state index contributed by atoms with van der Waals surface area (Å²) in [7, 11) is 0. The van der Waals surface area contributed by atoms with Gasteiger partial charge >= 0.3 is 11.9 Å². The van der Waals surface area contributed by atoms with Crippen LogP contribution in [0.15, 0.2) is 35.5 Å². The molecule has 0 radical (unpaired) electrons. The van der Waals surface area contributed by atoms with Crippen molar-refractivity contribution in [3.8, 4) is 0 Å². The first kappa shape index (κ1) is 17.9. The van der Waals surface area contributed by atoms with Gasteiger partial charge in [0.2, 0.25) is 0 Å². The van der Waals surface area contributed by atoms with Gasteiger partial charge in [0, 0.05) is 17.6 Å². The monoisotopic (exact) mass is 346 g/mol. The number of esters is 2. The molecule has 0 N–H and O–H groups in total. The van der Waals surface area contributed by atoms with E-state index in [9.17, 15) is 9.59 Å². The van der Waals surface area contributed by atoms with E-state index in [1.807, 2.05) is 13.8 Å². The Labute approximate surface area is 148 Å². The van der Waals surface area contributed by atoms with E-state index in [1.165, 1.54) is 0 Å². The van der Waals surface area contributed by atoms with Gasteiger partial charge < -0.3 is 14.2 Å². The highest BCUT2D eigenvalue weighted by Crippen LogP contribution is 2.50. The fourth-order valence-corrected chi connectivity index (χ4v) is 3.76. The van der Waals surface area contributed by atoms with Crippen LogP contribution in [-0.2, 0) is 23.8 Å². The van der Waals surface area contributed by atoms with Crippen LogP contribution in [0.25, 0.3) is 0 Å². The average molecular weight is 346 g/mol. The Morgan fingerprint density at radius 3 is 2.88 bits per heavy atom. The Morgan fingerprint density at radius 1 is 1.48 bits per heavy atom. The number of carbonyl (C=O) groups excluding carboxylic acids is 2. The normalized spacial score (nSPS) is 40.3. The molecule has 2 heterocycles. The van der Waals surface area contributed by atoms with Crippen LogP contribution < -0.4 is 0 Å². The molecule has 0 aromatic heterocycles. The lowest BCUT2D eigenvalue weighted by Crippen LogP contribution is -2.38. The number of ether oxygens (including phenoxy) is 3. The summed E-state index contributed by atoms with van der Waals surface area (Å²) in [5.74, 6) is -1.17. The zero-order chi connectivity index (χ0) is 18.4. The summed E-state index contributed by atoms with van der Waals surface area (Å²) in [6, 6.07) is 0. The molecule has 2 saturated heterocycles. The second kappa shape index (κ2) is 6.45. The van der Waals surface area contributed by atoms with E-state index in [4.69, 9.17) is 14.2 Å². The van der Waals surface area contributed by atoms with Crippen LogP contribution in [0.3, 0.4) is 0 Å². The van der Waals surface area contributed by atoms with E-state index in [2.05, 4.69) is 12.7 Å². The van der Waals surface area contributed by atoms with Gasteiger partial charge in [-0.25, -0.2) is 9.59 Å². The summed E-state index contributed by atoms with van der Waals surface area (Å²) in [5.41, 5.74) is 1.74. The molecular weight excluding hydrogens is 320 g/mol. The molecule has 2 fully saturated rings. The van der Waals surface area contributed by atoms with Crippen molar-refractivity contribution in [2.24, 2.45) is 5.92 Å². The Bertz CT molecular complexity index is 674. The maximum Gasteiger partial charge on any atom is 0.334 e. The Hall–Kier alpha value is -1.88. The zero-order valence-electron chi connectivity index (χ0n) is 15.3. The molecule has 0 saturated carbocycles. The molecular formula is C20H26O5. The first-order valence-electron chi connectivity index (χ1n) is 8.84. The van der Waals surface area contributed by atoms with Gasteiger partial charge in [-0.15, -0.1) is 0 Å². The van der Waals surface area contributed by atoms with Crippen molar-refractivity contribution in [3.05, 3.63) is 35.5 Å². The molecule has 5 heteroatoms. The molecule has 0 amide bonds. The molecule has 3 rings (SSSR count). The van der Waals surface area contributed by atoms with Gasteiger partial charge in [0.15, 0.2) is 0 Å². The highest BCUT2D eigenvalue weighted by Gasteiger charge is 2.63. The Balaban J connectivity index is 1.94. The van der Waals surface area contributed by atoms with E-state index in [0.717, 1.165) is 18.4 Å². The second-order valence-corrected chi connectivity index (χ2v) is 7.48. The molecule has 1 aliphatic carbocycles. The molecule has 25 heavy (non-hydrogen) atoms. The van der Waals surface area contributed by atoms with Crippen molar-refractivity contribution in [2.75, 3.05) is 0 Å². The minimum atomic E-state index is -0.492. The number of epoxide rings is 1. The summed E-state index contributed by atoms with van der Waals surface area (Å²) in [5, 5.41) is 0. The lowest BCUT2D eigenvalue weighted by molar-refractivity contribution is -0.148. The third kappa shape index (κ3) is 3.30. The van der Waals surface area contributed by atoms with E-state index in [-0.39, 0.29) is 23.6 Å². The first-order valence-corrected chi connectivity index (χ1v) is 8.84. The van der Waals surface area contributed by atoms with E-state index < -0.39 is 18.2 Å². The van der Waals surface area contributed by atoms with Crippen LogP contribution in [0.1, 0.15) is 47.0 Å². The van der Waals surface area contributed by atoms with Crippen LogP contribution in [0.2, 0.25) is 0 Å². The SMILES string of the molecule is C=C1C(=O)O[C@H]2[C@H]1[C@H](OC(=O)/C(C)=C\C)C/C(C)=C/CC[C@@]1(C)O[C@@H]21. The molecule has 0 bridgehead atoms. The molecule has 0 unspecified atom stereocenters. The van der Waals surface area contributed by atoms with Crippen molar-refractivity contribution in [1.82, 2.24) is 0 Å². The maximum atomic E-state index is 12.3. The summed E-state index contributed by atoms with van der Waals surface area (Å²) >= 11 is 0. The van der Waals surface area contributed by atoms with Crippen LogP contribution in [0, 0.1) is 5.92 Å².